The molecule has 1 heterocycles. The maximum atomic E-state index is 6.30. The number of hydrogen-bond donors (Lipinski definition) is 2. The summed E-state index contributed by atoms with van der Waals surface area (Å²) in [6.45, 7) is 3.21. The SMILES string of the molecule is CN=C(NCCc1ccc(OC)cc1Cl)NCC1(N(C)C)CCOCC1.I. The van der Waals surface area contributed by atoms with E-state index in [1.54, 1.807) is 14.2 Å². The van der Waals surface area contributed by atoms with E-state index < -0.39 is 0 Å². The number of guanidine groups is 1. The summed E-state index contributed by atoms with van der Waals surface area (Å²) in [6.07, 6.45) is 2.85. The largest absolute Gasteiger partial charge is 0.497 e. The van der Waals surface area contributed by atoms with Crippen LogP contribution in [-0.4, -0.2) is 71.0 Å². The zero-order valence-electron chi connectivity index (χ0n) is 16.7. The molecular formula is C19H32ClIN4O2. The van der Waals surface area contributed by atoms with Crippen LogP contribution in [0.2, 0.25) is 5.02 Å². The predicted molar refractivity (Wildman–Crippen MR) is 123 cm³/mol. The molecule has 0 radical (unpaired) electrons. The lowest BCUT2D eigenvalue weighted by molar-refractivity contribution is -0.00500. The van der Waals surface area contributed by atoms with Crippen molar-refractivity contribution < 1.29 is 9.47 Å². The van der Waals surface area contributed by atoms with Crippen LogP contribution in [0.4, 0.5) is 0 Å². The Bertz CT molecular complexity index is 607. The van der Waals surface area contributed by atoms with Crippen LogP contribution in [0, 0.1) is 0 Å². The van der Waals surface area contributed by atoms with Crippen molar-refractivity contribution in [2.45, 2.75) is 24.8 Å². The number of nitrogens with one attached hydrogen (secondary N) is 2. The molecule has 1 aliphatic rings. The van der Waals surface area contributed by atoms with Crippen LogP contribution in [-0.2, 0) is 11.2 Å². The highest BCUT2D eigenvalue weighted by Crippen LogP contribution is 2.25. The molecule has 0 bridgehead atoms. The average Bonchev–Trinajstić information content (AvgIpc) is 2.66. The van der Waals surface area contributed by atoms with Crippen molar-refractivity contribution in [1.82, 2.24) is 15.5 Å². The number of methoxy groups -OCH3 is 1. The third kappa shape index (κ3) is 6.96. The third-order valence-corrected chi connectivity index (χ3v) is 5.48. The van der Waals surface area contributed by atoms with Gasteiger partial charge in [0, 0.05) is 43.9 Å². The summed E-state index contributed by atoms with van der Waals surface area (Å²) < 4.78 is 10.7. The Morgan fingerprint density at radius 1 is 1.30 bits per heavy atom. The summed E-state index contributed by atoms with van der Waals surface area (Å²) in [7, 11) is 7.70. The molecule has 27 heavy (non-hydrogen) atoms. The number of rotatable bonds is 7. The minimum atomic E-state index is 0. The minimum absolute atomic E-state index is 0. The van der Waals surface area contributed by atoms with Crippen LogP contribution in [0.5, 0.6) is 5.75 Å². The maximum Gasteiger partial charge on any atom is 0.191 e. The number of aliphatic imine (C=N–C) groups is 1. The molecule has 1 fully saturated rings. The van der Waals surface area contributed by atoms with Gasteiger partial charge in [-0.3, -0.25) is 4.99 Å². The summed E-state index contributed by atoms with van der Waals surface area (Å²) in [4.78, 5) is 6.63. The van der Waals surface area contributed by atoms with Gasteiger partial charge < -0.3 is 25.0 Å². The molecule has 0 saturated carbocycles. The first-order valence-electron chi connectivity index (χ1n) is 9.03. The van der Waals surface area contributed by atoms with Crippen molar-refractivity contribution >= 4 is 41.5 Å². The molecule has 2 rings (SSSR count). The van der Waals surface area contributed by atoms with Gasteiger partial charge in [-0.1, -0.05) is 17.7 Å². The Kier molecular flexibility index (Phi) is 10.7. The molecule has 6 nitrogen and oxygen atoms in total. The van der Waals surface area contributed by atoms with Gasteiger partial charge in [0.1, 0.15) is 5.75 Å². The average molecular weight is 511 g/mol. The lowest BCUT2D eigenvalue weighted by atomic mass is 9.88. The summed E-state index contributed by atoms with van der Waals surface area (Å²) >= 11 is 6.30. The second-order valence-corrected chi connectivity index (χ2v) is 7.20. The highest BCUT2D eigenvalue weighted by molar-refractivity contribution is 14.0. The number of halogens is 2. The van der Waals surface area contributed by atoms with Gasteiger partial charge in [0.25, 0.3) is 0 Å². The van der Waals surface area contributed by atoms with Gasteiger partial charge in [-0.2, -0.15) is 0 Å². The minimum Gasteiger partial charge on any atom is -0.497 e. The number of ether oxygens (including phenoxy) is 2. The number of hydrogen-bond acceptors (Lipinski definition) is 4. The van der Waals surface area contributed by atoms with Crippen LogP contribution in [0.1, 0.15) is 18.4 Å². The molecular weight excluding hydrogens is 479 g/mol. The number of benzene rings is 1. The van der Waals surface area contributed by atoms with E-state index in [4.69, 9.17) is 21.1 Å². The van der Waals surface area contributed by atoms with Crippen LogP contribution in [0.15, 0.2) is 23.2 Å². The Labute approximate surface area is 185 Å². The van der Waals surface area contributed by atoms with Crippen LogP contribution < -0.4 is 15.4 Å². The molecule has 1 aromatic carbocycles. The van der Waals surface area contributed by atoms with E-state index in [0.29, 0.717) is 0 Å². The molecule has 2 N–H and O–H groups in total. The second kappa shape index (κ2) is 11.9. The van der Waals surface area contributed by atoms with E-state index in [0.717, 1.165) is 67.9 Å². The Hall–Kier alpha value is -0.770. The van der Waals surface area contributed by atoms with Gasteiger partial charge in [-0.25, -0.2) is 0 Å². The summed E-state index contributed by atoms with van der Waals surface area (Å²) in [5.74, 6) is 1.58. The van der Waals surface area contributed by atoms with Crippen molar-refractivity contribution in [3.05, 3.63) is 28.8 Å². The van der Waals surface area contributed by atoms with Gasteiger partial charge in [0.15, 0.2) is 5.96 Å². The Morgan fingerprint density at radius 2 is 2.00 bits per heavy atom. The molecule has 1 saturated heterocycles. The van der Waals surface area contributed by atoms with E-state index in [2.05, 4.69) is 34.6 Å². The fraction of sp³-hybridized carbons (Fsp3) is 0.632. The van der Waals surface area contributed by atoms with E-state index in [-0.39, 0.29) is 29.5 Å². The molecule has 0 amide bonds. The summed E-state index contributed by atoms with van der Waals surface area (Å²) in [5.41, 5.74) is 1.19. The number of likely N-dealkylation sites (N-methyl/N-ethyl adjacent to an activating group) is 1. The van der Waals surface area contributed by atoms with Crippen molar-refractivity contribution in [2.24, 2.45) is 4.99 Å². The lowest BCUT2D eigenvalue weighted by Crippen LogP contribution is -2.57. The van der Waals surface area contributed by atoms with Crippen LogP contribution in [0.25, 0.3) is 0 Å². The molecule has 0 unspecified atom stereocenters. The van der Waals surface area contributed by atoms with Crippen LogP contribution >= 0.6 is 35.6 Å². The zero-order chi connectivity index (χ0) is 19.0. The summed E-state index contributed by atoms with van der Waals surface area (Å²) in [5, 5.41) is 7.56. The first-order chi connectivity index (χ1) is 12.5. The van der Waals surface area contributed by atoms with Gasteiger partial charge in [-0.05, 0) is 51.1 Å². The standard InChI is InChI=1S/C19H31ClN4O2.HI/c1-21-18(23-14-19(24(2)3)8-11-26-12-9-19)22-10-7-15-5-6-16(25-4)13-17(15)20;/h5-6,13H,7-12,14H2,1-4H3,(H2,21,22,23);1H. The Morgan fingerprint density at radius 3 is 2.56 bits per heavy atom. The van der Waals surface area contributed by atoms with Crippen LogP contribution in [0.3, 0.4) is 0 Å². The topological polar surface area (TPSA) is 58.1 Å². The lowest BCUT2D eigenvalue weighted by Gasteiger charge is -2.43. The monoisotopic (exact) mass is 510 g/mol. The number of nitrogens with zero attached hydrogens (tertiary/aromatic N) is 2. The molecule has 1 aliphatic heterocycles. The van der Waals surface area contributed by atoms with E-state index >= 15 is 0 Å². The first kappa shape index (κ1) is 24.3. The van der Waals surface area contributed by atoms with Gasteiger partial charge in [0.2, 0.25) is 0 Å². The van der Waals surface area contributed by atoms with Crippen molar-refractivity contribution in [1.29, 1.82) is 0 Å². The summed E-state index contributed by atoms with van der Waals surface area (Å²) in [6, 6.07) is 5.78. The maximum absolute atomic E-state index is 6.30. The fourth-order valence-electron chi connectivity index (χ4n) is 3.18. The smallest absolute Gasteiger partial charge is 0.191 e. The Balaban J connectivity index is 0.00000364. The van der Waals surface area contributed by atoms with Gasteiger partial charge in [-0.15, -0.1) is 24.0 Å². The molecule has 0 aliphatic carbocycles. The molecule has 0 aromatic heterocycles. The first-order valence-corrected chi connectivity index (χ1v) is 9.40. The van der Waals surface area contributed by atoms with E-state index in [1.807, 2.05) is 18.2 Å². The second-order valence-electron chi connectivity index (χ2n) is 6.79. The molecule has 8 heteroatoms. The van der Waals surface area contributed by atoms with Gasteiger partial charge >= 0.3 is 0 Å². The predicted octanol–water partition coefficient (Wildman–Crippen LogP) is 2.78. The third-order valence-electron chi connectivity index (χ3n) is 5.13. The molecule has 0 atom stereocenters. The normalized spacial score (nSPS) is 16.6. The quantitative estimate of drug-likeness (QED) is 0.336. The zero-order valence-corrected chi connectivity index (χ0v) is 19.8. The molecule has 0 spiro atoms. The highest BCUT2D eigenvalue weighted by Gasteiger charge is 2.34. The van der Waals surface area contributed by atoms with Crippen molar-refractivity contribution in [3.8, 4) is 5.75 Å². The molecule has 154 valence electrons. The van der Waals surface area contributed by atoms with Crippen molar-refractivity contribution in [2.75, 3.05) is 54.6 Å². The fourth-order valence-corrected chi connectivity index (χ4v) is 3.44. The van der Waals surface area contributed by atoms with E-state index in [9.17, 15) is 0 Å². The highest BCUT2D eigenvalue weighted by atomic mass is 127. The van der Waals surface area contributed by atoms with E-state index in [1.165, 1.54) is 0 Å². The molecule has 1 aromatic rings. The van der Waals surface area contributed by atoms with Crippen molar-refractivity contribution in [3.63, 3.8) is 0 Å². The van der Waals surface area contributed by atoms with Gasteiger partial charge in [0.05, 0.1) is 7.11 Å².